The molecule has 1 heterocycles. The zero-order valence-electron chi connectivity index (χ0n) is 21.0. The molecular formula is C25H31N3O6S. The number of aryl methyl sites for hydroxylation is 1. The van der Waals surface area contributed by atoms with Gasteiger partial charge in [0.25, 0.3) is 10.0 Å². The molecule has 1 aromatic heterocycles. The minimum atomic E-state index is -4.11. The van der Waals surface area contributed by atoms with E-state index in [4.69, 9.17) is 9.47 Å². The van der Waals surface area contributed by atoms with Crippen LogP contribution in [0.3, 0.4) is 0 Å². The molecule has 2 amide bonds. The number of benzene rings is 2. The highest BCUT2D eigenvalue weighted by Crippen LogP contribution is 2.26. The quantitative estimate of drug-likeness (QED) is 0.480. The Hall–Kier alpha value is -3.40. The van der Waals surface area contributed by atoms with Gasteiger partial charge in [0.15, 0.2) is 0 Å². The highest BCUT2D eigenvalue weighted by Gasteiger charge is 2.34. The van der Waals surface area contributed by atoms with Gasteiger partial charge in [-0.25, -0.2) is 31.9 Å². The summed E-state index contributed by atoms with van der Waals surface area (Å²) in [5.41, 5.74) is -0.180. The number of carbonyl (C=O) groups excluding carboxylic acids is 2. The summed E-state index contributed by atoms with van der Waals surface area (Å²) in [4.78, 5) is 31.2. The van der Waals surface area contributed by atoms with E-state index in [-0.39, 0.29) is 10.7 Å². The first-order chi connectivity index (χ1) is 16.1. The van der Waals surface area contributed by atoms with Crippen LogP contribution in [0.2, 0.25) is 0 Å². The zero-order chi connectivity index (χ0) is 26.2. The van der Waals surface area contributed by atoms with Crippen LogP contribution in [0, 0.1) is 6.92 Å². The summed E-state index contributed by atoms with van der Waals surface area (Å²) in [6, 6.07) is 13.1. The van der Waals surface area contributed by atoms with E-state index in [0.29, 0.717) is 11.0 Å². The molecule has 2 aromatic carbocycles. The van der Waals surface area contributed by atoms with Crippen molar-refractivity contribution in [2.45, 2.75) is 71.1 Å². The van der Waals surface area contributed by atoms with Gasteiger partial charge in [-0.15, -0.1) is 0 Å². The van der Waals surface area contributed by atoms with Gasteiger partial charge in [0.2, 0.25) is 0 Å². The van der Waals surface area contributed by atoms with Gasteiger partial charge >= 0.3 is 12.2 Å². The monoisotopic (exact) mass is 501 g/mol. The Morgan fingerprint density at radius 1 is 0.886 bits per heavy atom. The number of para-hydroxylation sites is 2. The number of amides is 2. The maximum atomic E-state index is 13.7. The first-order valence-electron chi connectivity index (χ1n) is 11.1. The Balaban J connectivity index is 2.15. The molecule has 9 nitrogen and oxygen atoms in total. The van der Waals surface area contributed by atoms with Crippen molar-refractivity contribution in [3.8, 4) is 0 Å². The van der Waals surface area contributed by atoms with Gasteiger partial charge in [0.1, 0.15) is 17.0 Å². The number of imidazole rings is 1. The molecule has 0 aliphatic carbocycles. The maximum Gasteiger partial charge on any atom is 0.420 e. The minimum absolute atomic E-state index is 0.0384. The molecule has 3 aromatic rings. The standard InChI is InChI=1S/C25H31N3O6S/c1-17-12-14-18(15-13-17)35(31,32)28-20-11-9-8-10-19(20)26-21(28)16-27(22(29)33-24(2,3)4)23(30)34-25(5,6)7/h8-15H,16H2,1-7H3. The number of nitrogens with zero attached hydrogens (tertiary/aromatic N) is 3. The number of fused-ring (bicyclic) bond motifs is 1. The number of hydrogen-bond acceptors (Lipinski definition) is 7. The number of carbonyl (C=O) groups is 2. The van der Waals surface area contributed by atoms with Gasteiger partial charge in [-0.2, -0.15) is 0 Å². The van der Waals surface area contributed by atoms with E-state index >= 15 is 0 Å². The Morgan fingerprint density at radius 3 is 1.91 bits per heavy atom. The predicted octanol–water partition coefficient (Wildman–Crippen LogP) is 5.25. The lowest BCUT2D eigenvalue weighted by molar-refractivity contribution is -0.000761. The molecule has 0 aliphatic rings. The number of imide groups is 1. The van der Waals surface area contributed by atoms with Gasteiger partial charge < -0.3 is 9.47 Å². The van der Waals surface area contributed by atoms with Crippen molar-refractivity contribution in [1.29, 1.82) is 0 Å². The molecule has 0 fully saturated rings. The van der Waals surface area contributed by atoms with E-state index in [0.717, 1.165) is 14.4 Å². The second-order valence-corrected chi connectivity index (χ2v) is 11.9. The number of ether oxygens (including phenoxy) is 2. The number of aromatic nitrogens is 2. The molecule has 35 heavy (non-hydrogen) atoms. The number of rotatable bonds is 4. The highest BCUT2D eigenvalue weighted by atomic mass is 32.2. The Kier molecular flexibility index (Phi) is 6.99. The third kappa shape index (κ3) is 6.19. The summed E-state index contributed by atoms with van der Waals surface area (Å²) in [5, 5.41) is 0. The topological polar surface area (TPSA) is 108 Å². The fourth-order valence-electron chi connectivity index (χ4n) is 3.22. The van der Waals surface area contributed by atoms with Crippen molar-refractivity contribution < 1.29 is 27.5 Å². The van der Waals surface area contributed by atoms with Crippen LogP contribution in [0.1, 0.15) is 52.9 Å². The molecule has 0 atom stereocenters. The van der Waals surface area contributed by atoms with Crippen molar-refractivity contribution in [2.75, 3.05) is 0 Å². The first-order valence-corrected chi connectivity index (χ1v) is 12.5. The van der Waals surface area contributed by atoms with Crippen LogP contribution in [0.15, 0.2) is 53.4 Å². The lowest BCUT2D eigenvalue weighted by Crippen LogP contribution is -2.43. The van der Waals surface area contributed by atoms with Crippen molar-refractivity contribution in [1.82, 2.24) is 13.9 Å². The molecule has 0 spiro atoms. The fourth-order valence-corrected chi connectivity index (χ4v) is 4.70. The average molecular weight is 502 g/mol. The Morgan fingerprint density at radius 2 is 1.40 bits per heavy atom. The summed E-state index contributed by atoms with van der Waals surface area (Å²) < 4.78 is 39.2. The van der Waals surface area contributed by atoms with E-state index in [1.165, 1.54) is 12.1 Å². The van der Waals surface area contributed by atoms with E-state index in [1.807, 2.05) is 6.92 Å². The fraction of sp³-hybridized carbons (Fsp3) is 0.400. The van der Waals surface area contributed by atoms with E-state index in [1.54, 1.807) is 77.9 Å². The third-order valence-electron chi connectivity index (χ3n) is 4.67. The molecule has 0 N–H and O–H groups in total. The largest absolute Gasteiger partial charge is 0.443 e. The smallest absolute Gasteiger partial charge is 0.420 e. The SMILES string of the molecule is Cc1ccc(S(=O)(=O)n2c(CN(C(=O)OC(C)(C)C)C(=O)OC(C)(C)C)nc3ccccc32)cc1. The zero-order valence-corrected chi connectivity index (χ0v) is 21.8. The molecule has 0 radical (unpaired) electrons. The molecule has 188 valence electrons. The normalized spacial score (nSPS) is 12.4. The number of hydrogen-bond donors (Lipinski definition) is 0. The molecular weight excluding hydrogens is 470 g/mol. The summed E-state index contributed by atoms with van der Waals surface area (Å²) >= 11 is 0. The Labute approximate surface area is 205 Å². The van der Waals surface area contributed by atoms with Gasteiger partial charge in [-0.1, -0.05) is 29.8 Å². The van der Waals surface area contributed by atoms with Crippen LogP contribution >= 0.6 is 0 Å². The summed E-state index contributed by atoms with van der Waals surface area (Å²) in [6.07, 6.45) is -1.95. The molecule has 0 unspecified atom stereocenters. The Bertz CT molecular complexity index is 1320. The van der Waals surface area contributed by atoms with Gasteiger partial charge in [0, 0.05) is 0 Å². The van der Waals surface area contributed by atoms with Crippen LogP contribution < -0.4 is 0 Å². The van der Waals surface area contributed by atoms with Gasteiger partial charge in [-0.3, -0.25) is 0 Å². The van der Waals surface area contributed by atoms with Crippen molar-refractivity contribution in [2.24, 2.45) is 0 Å². The van der Waals surface area contributed by atoms with Crippen molar-refractivity contribution in [3.05, 3.63) is 59.9 Å². The van der Waals surface area contributed by atoms with E-state index < -0.39 is 40.0 Å². The highest BCUT2D eigenvalue weighted by molar-refractivity contribution is 7.90. The summed E-state index contributed by atoms with van der Waals surface area (Å²) in [6.45, 7) is 11.3. The second-order valence-electron chi connectivity index (χ2n) is 10.1. The second kappa shape index (κ2) is 9.33. The van der Waals surface area contributed by atoms with E-state index in [9.17, 15) is 18.0 Å². The van der Waals surface area contributed by atoms with Crippen molar-refractivity contribution >= 4 is 33.2 Å². The average Bonchev–Trinajstić information content (AvgIpc) is 3.08. The lowest BCUT2D eigenvalue weighted by atomic mass is 10.2. The van der Waals surface area contributed by atoms with E-state index in [2.05, 4.69) is 4.98 Å². The lowest BCUT2D eigenvalue weighted by Gasteiger charge is -2.28. The van der Waals surface area contributed by atoms with Gasteiger partial charge in [0.05, 0.1) is 22.5 Å². The summed E-state index contributed by atoms with van der Waals surface area (Å²) in [5.74, 6) is -0.0384. The summed E-state index contributed by atoms with van der Waals surface area (Å²) in [7, 11) is -4.11. The molecule has 0 saturated heterocycles. The molecule has 3 rings (SSSR count). The maximum absolute atomic E-state index is 13.7. The van der Waals surface area contributed by atoms with Crippen molar-refractivity contribution in [3.63, 3.8) is 0 Å². The third-order valence-corrected chi connectivity index (χ3v) is 6.43. The van der Waals surface area contributed by atoms with Crippen LogP contribution in [0.4, 0.5) is 9.59 Å². The van der Waals surface area contributed by atoms with Crippen LogP contribution in [-0.4, -0.2) is 45.7 Å². The molecule has 0 saturated carbocycles. The minimum Gasteiger partial charge on any atom is -0.443 e. The van der Waals surface area contributed by atoms with Crippen LogP contribution in [0.5, 0.6) is 0 Å². The molecule has 10 heteroatoms. The molecule has 0 bridgehead atoms. The van der Waals surface area contributed by atoms with Crippen LogP contribution in [0.25, 0.3) is 11.0 Å². The first kappa shape index (κ1) is 26.2. The molecule has 0 aliphatic heterocycles. The van der Waals surface area contributed by atoms with Gasteiger partial charge in [-0.05, 0) is 72.7 Å². The predicted molar refractivity (Wildman–Crippen MR) is 132 cm³/mol. The van der Waals surface area contributed by atoms with Crippen LogP contribution in [-0.2, 0) is 26.0 Å².